The Morgan fingerprint density at radius 3 is 2.40 bits per heavy atom. The standard InChI is InChI=1S/C15H13NO3.Na/c1-19-12-8-6-11(7-9-12)10-16-14-5-3-2-4-13(14)15(17)18;/h2-10H,1H3,(H,17,18);/q;+1/p-1. The van der Waals surface area contributed by atoms with Crippen LogP contribution in [0.2, 0.25) is 0 Å². The van der Waals surface area contributed by atoms with E-state index in [-0.39, 0.29) is 35.1 Å². The SMILES string of the molecule is COc1ccc(C=Nc2ccccc2C(=O)[O-])cc1.[Na+]. The maximum absolute atomic E-state index is 10.9. The van der Waals surface area contributed by atoms with Gasteiger partial charge in [-0.05, 0) is 35.9 Å². The molecule has 0 bridgehead atoms. The van der Waals surface area contributed by atoms with E-state index in [9.17, 15) is 9.90 Å². The summed E-state index contributed by atoms with van der Waals surface area (Å²) in [5.74, 6) is -0.477. The average Bonchev–Trinajstić information content (AvgIpc) is 2.46. The molecule has 0 heterocycles. The molecular formula is C15H12NNaO3. The molecule has 0 unspecified atom stereocenters. The minimum atomic E-state index is -1.23. The van der Waals surface area contributed by atoms with Crippen molar-refractivity contribution in [1.29, 1.82) is 0 Å². The third kappa shape index (κ3) is 4.20. The van der Waals surface area contributed by atoms with Gasteiger partial charge in [-0.15, -0.1) is 0 Å². The minimum absolute atomic E-state index is 0. The molecule has 0 aliphatic heterocycles. The molecule has 0 atom stereocenters. The second kappa shape index (κ2) is 7.85. The number of hydrogen-bond donors (Lipinski definition) is 0. The quantitative estimate of drug-likeness (QED) is 0.522. The predicted octanol–water partition coefficient (Wildman–Crippen LogP) is -1.19. The van der Waals surface area contributed by atoms with E-state index in [4.69, 9.17) is 4.74 Å². The third-order valence-electron chi connectivity index (χ3n) is 2.59. The summed E-state index contributed by atoms with van der Waals surface area (Å²) < 4.78 is 5.05. The molecule has 0 aliphatic rings. The van der Waals surface area contributed by atoms with E-state index < -0.39 is 5.97 Å². The van der Waals surface area contributed by atoms with Crippen LogP contribution in [0.5, 0.6) is 5.75 Å². The van der Waals surface area contributed by atoms with Gasteiger partial charge in [0, 0.05) is 11.8 Å². The fraction of sp³-hybridized carbons (Fsp3) is 0.0667. The molecule has 0 aliphatic carbocycles. The Balaban J connectivity index is 0.00000200. The molecule has 0 spiro atoms. The van der Waals surface area contributed by atoms with Gasteiger partial charge in [0.2, 0.25) is 0 Å². The van der Waals surface area contributed by atoms with Gasteiger partial charge in [0.05, 0.1) is 18.8 Å². The van der Waals surface area contributed by atoms with Crippen molar-refractivity contribution >= 4 is 17.9 Å². The van der Waals surface area contributed by atoms with Gasteiger partial charge >= 0.3 is 29.6 Å². The van der Waals surface area contributed by atoms with Crippen molar-refractivity contribution in [3.8, 4) is 5.75 Å². The van der Waals surface area contributed by atoms with E-state index in [0.29, 0.717) is 5.69 Å². The first kappa shape index (κ1) is 16.4. The van der Waals surface area contributed by atoms with Gasteiger partial charge in [-0.2, -0.15) is 0 Å². The van der Waals surface area contributed by atoms with Gasteiger partial charge in [0.1, 0.15) is 5.75 Å². The monoisotopic (exact) mass is 277 g/mol. The van der Waals surface area contributed by atoms with E-state index >= 15 is 0 Å². The molecule has 0 N–H and O–H groups in total. The number of para-hydroxylation sites is 1. The first-order valence-corrected chi connectivity index (χ1v) is 5.69. The summed E-state index contributed by atoms with van der Waals surface area (Å²) in [5, 5.41) is 10.9. The molecule has 20 heavy (non-hydrogen) atoms. The molecule has 2 aromatic rings. The van der Waals surface area contributed by atoms with E-state index in [1.165, 1.54) is 6.07 Å². The van der Waals surface area contributed by atoms with Crippen molar-refractivity contribution in [3.63, 3.8) is 0 Å². The molecule has 0 saturated heterocycles. The van der Waals surface area contributed by atoms with Crippen molar-refractivity contribution in [1.82, 2.24) is 0 Å². The van der Waals surface area contributed by atoms with Gasteiger partial charge in [0.15, 0.2) is 0 Å². The van der Waals surface area contributed by atoms with Crippen LogP contribution in [-0.2, 0) is 0 Å². The Labute approximate surface area is 139 Å². The number of ether oxygens (including phenoxy) is 1. The summed E-state index contributed by atoms with van der Waals surface area (Å²) in [6.07, 6.45) is 1.60. The van der Waals surface area contributed by atoms with Crippen LogP contribution in [-0.4, -0.2) is 19.3 Å². The zero-order valence-corrected chi connectivity index (χ0v) is 13.4. The molecular weight excluding hydrogens is 265 g/mol. The van der Waals surface area contributed by atoms with E-state index in [0.717, 1.165) is 11.3 Å². The summed E-state index contributed by atoms with van der Waals surface area (Å²) in [6.45, 7) is 0. The molecule has 0 radical (unpaired) electrons. The van der Waals surface area contributed by atoms with Gasteiger partial charge in [-0.3, -0.25) is 4.99 Å². The van der Waals surface area contributed by atoms with E-state index in [2.05, 4.69) is 4.99 Å². The predicted molar refractivity (Wildman–Crippen MR) is 71.0 cm³/mol. The van der Waals surface area contributed by atoms with E-state index in [1.54, 1.807) is 31.5 Å². The Morgan fingerprint density at radius 1 is 1.15 bits per heavy atom. The van der Waals surface area contributed by atoms with Crippen molar-refractivity contribution in [2.24, 2.45) is 4.99 Å². The Hall–Kier alpha value is -1.62. The number of aromatic carboxylic acids is 1. The smallest absolute Gasteiger partial charge is 0.545 e. The number of methoxy groups -OCH3 is 1. The number of benzene rings is 2. The average molecular weight is 277 g/mol. The molecule has 0 aromatic heterocycles. The number of carboxylic acids is 1. The first-order valence-electron chi connectivity index (χ1n) is 5.69. The third-order valence-corrected chi connectivity index (χ3v) is 2.59. The second-order valence-electron chi connectivity index (χ2n) is 3.84. The van der Waals surface area contributed by atoms with Crippen LogP contribution in [0.15, 0.2) is 53.5 Å². The van der Waals surface area contributed by atoms with Crippen LogP contribution < -0.4 is 39.4 Å². The van der Waals surface area contributed by atoms with Gasteiger partial charge in [0.25, 0.3) is 0 Å². The molecule has 0 fully saturated rings. The minimum Gasteiger partial charge on any atom is -0.545 e. The summed E-state index contributed by atoms with van der Waals surface area (Å²) in [7, 11) is 1.60. The van der Waals surface area contributed by atoms with E-state index in [1.807, 2.05) is 24.3 Å². The number of aliphatic imine (C=N–C) groups is 1. The first-order chi connectivity index (χ1) is 9.20. The number of hydrogen-bond acceptors (Lipinski definition) is 4. The number of carboxylic acid groups (broad SMARTS) is 1. The molecule has 5 heteroatoms. The fourth-order valence-electron chi connectivity index (χ4n) is 1.59. The second-order valence-corrected chi connectivity index (χ2v) is 3.84. The van der Waals surface area contributed by atoms with Crippen LogP contribution in [0, 0.1) is 0 Å². The number of rotatable bonds is 4. The van der Waals surface area contributed by atoms with Crippen LogP contribution in [0.25, 0.3) is 0 Å². The van der Waals surface area contributed by atoms with Crippen LogP contribution >= 0.6 is 0 Å². The molecule has 96 valence electrons. The maximum Gasteiger partial charge on any atom is 1.00 e. The topological polar surface area (TPSA) is 61.7 Å². The number of carbonyl (C=O) groups excluding carboxylic acids is 1. The zero-order chi connectivity index (χ0) is 13.7. The van der Waals surface area contributed by atoms with Crippen molar-refractivity contribution in [3.05, 3.63) is 59.7 Å². The van der Waals surface area contributed by atoms with Gasteiger partial charge < -0.3 is 14.6 Å². The Morgan fingerprint density at radius 2 is 1.80 bits per heavy atom. The van der Waals surface area contributed by atoms with Crippen LogP contribution in [0.4, 0.5) is 5.69 Å². The Bertz CT molecular complexity index is 609. The van der Waals surface area contributed by atoms with Crippen LogP contribution in [0.1, 0.15) is 15.9 Å². The molecule has 0 amide bonds. The zero-order valence-electron chi connectivity index (χ0n) is 11.4. The van der Waals surface area contributed by atoms with Crippen molar-refractivity contribution in [2.75, 3.05) is 7.11 Å². The summed E-state index contributed by atoms with van der Waals surface area (Å²) in [6, 6.07) is 13.8. The fourth-order valence-corrected chi connectivity index (χ4v) is 1.59. The normalized spacial score (nSPS) is 10.1. The Kier molecular flexibility index (Phi) is 6.45. The van der Waals surface area contributed by atoms with Crippen LogP contribution in [0.3, 0.4) is 0 Å². The molecule has 4 nitrogen and oxygen atoms in total. The number of nitrogens with zero attached hydrogens (tertiary/aromatic N) is 1. The summed E-state index contributed by atoms with van der Waals surface area (Å²) in [5.41, 5.74) is 1.31. The number of carbonyl (C=O) groups is 1. The molecule has 2 aromatic carbocycles. The summed E-state index contributed by atoms with van der Waals surface area (Å²) >= 11 is 0. The molecule has 0 saturated carbocycles. The van der Waals surface area contributed by atoms with Gasteiger partial charge in [-0.1, -0.05) is 18.2 Å². The van der Waals surface area contributed by atoms with Crippen molar-refractivity contribution in [2.45, 2.75) is 0 Å². The molecule has 2 rings (SSSR count). The van der Waals surface area contributed by atoms with Gasteiger partial charge in [-0.25, -0.2) is 0 Å². The largest absolute Gasteiger partial charge is 1.00 e. The maximum atomic E-state index is 10.9. The summed E-state index contributed by atoms with van der Waals surface area (Å²) in [4.78, 5) is 15.1. The van der Waals surface area contributed by atoms with Crippen molar-refractivity contribution < 1.29 is 44.2 Å².